The van der Waals surface area contributed by atoms with Crippen LogP contribution in [0.3, 0.4) is 0 Å². The van der Waals surface area contributed by atoms with Crippen LogP contribution in [0.4, 0.5) is 4.79 Å². The molecule has 0 aliphatic carbocycles. The fourth-order valence-corrected chi connectivity index (χ4v) is 2.82. The lowest BCUT2D eigenvalue weighted by atomic mass is 10.0. The molecule has 5 heteroatoms. The van der Waals surface area contributed by atoms with Gasteiger partial charge in [-0.15, -0.1) is 0 Å². The number of likely N-dealkylation sites (tertiary alicyclic amines) is 1. The highest BCUT2D eigenvalue weighted by atomic mass is 16.6. The van der Waals surface area contributed by atoms with Crippen LogP contribution in [-0.2, 0) is 4.74 Å². The predicted octanol–water partition coefficient (Wildman–Crippen LogP) is 2.53. The largest absolute Gasteiger partial charge is 0.444 e. The molecule has 0 spiro atoms. The molecular formula is C16H32N2O3. The molecule has 1 aliphatic rings. The first-order valence-corrected chi connectivity index (χ1v) is 8.13. The molecule has 1 fully saturated rings. The fraction of sp³-hybridized carbons (Fsp3) is 0.938. The van der Waals surface area contributed by atoms with Gasteiger partial charge in [-0.1, -0.05) is 6.92 Å². The molecule has 5 nitrogen and oxygen atoms in total. The summed E-state index contributed by atoms with van der Waals surface area (Å²) in [5.74, 6) is 0. The second-order valence-corrected chi connectivity index (χ2v) is 7.06. The lowest BCUT2D eigenvalue weighted by Crippen LogP contribution is -2.45. The number of aliphatic hydroxyl groups is 1. The summed E-state index contributed by atoms with van der Waals surface area (Å²) in [6, 6.07) is 0.644. The quantitative estimate of drug-likeness (QED) is 0.791. The van der Waals surface area contributed by atoms with Crippen molar-refractivity contribution in [2.75, 3.05) is 13.2 Å². The van der Waals surface area contributed by atoms with E-state index in [1.54, 1.807) is 0 Å². The van der Waals surface area contributed by atoms with Gasteiger partial charge in [0.1, 0.15) is 5.60 Å². The van der Waals surface area contributed by atoms with Crippen molar-refractivity contribution in [3.05, 3.63) is 0 Å². The third kappa shape index (κ3) is 6.22. The van der Waals surface area contributed by atoms with Gasteiger partial charge in [0.15, 0.2) is 0 Å². The number of aliphatic hydroxyl groups excluding tert-OH is 1. The average Bonchev–Trinajstić information content (AvgIpc) is 2.82. The van der Waals surface area contributed by atoms with Crippen molar-refractivity contribution in [3.63, 3.8) is 0 Å². The van der Waals surface area contributed by atoms with E-state index in [1.165, 1.54) is 0 Å². The third-order valence-electron chi connectivity index (χ3n) is 3.86. The highest BCUT2D eigenvalue weighted by molar-refractivity contribution is 5.68. The summed E-state index contributed by atoms with van der Waals surface area (Å²) in [6.45, 7) is 10.8. The summed E-state index contributed by atoms with van der Waals surface area (Å²) in [4.78, 5) is 14.1. The number of amides is 1. The fourth-order valence-electron chi connectivity index (χ4n) is 2.82. The summed E-state index contributed by atoms with van der Waals surface area (Å²) in [5, 5.41) is 12.7. The maximum Gasteiger partial charge on any atom is 0.410 e. The lowest BCUT2D eigenvalue weighted by Gasteiger charge is -2.31. The first kappa shape index (κ1) is 18.2. The molecule has 124 valence electrons. The zero-order chi connectivity index (χ0) is 16.0. The molecule has 0 aromatic rings. The minimum Gasteiger partial charge on any atom is -0.444 e. The monoisotopic (exact) mass is 300 g/mol. The van der Waals surface area contributed by atoms with Gasteiger partial charge in [-0.2, -0.15) is 0 Å². The molecule has 2 unspecified atom stereocenters. The molecule has 2 N–H and O–H groups in total. The Labute approximate surface area is 129 Å². The van der Waals surface area contributed by atoms with Gasteiger partial charge < -0.3 is 20.1 Å². The van der Waals surface area contributed by atoms with Crippen LogP contribution in [0, 0.1) is 0 Å². The van der Waals surface area contributed by atoms with Crippen molar-refractivity contribution in [2.24, 2.45) is 0 Å². The van der Waals surface area contributed by atoms with E-state index in [1.807, 2.05) is 25.7 Å². The summed E-state index contributed by atoms with van der Waals surface area (Å²) in [6.07, 6.45) is 3.66. The maximum absolute atomic E-state index is 12.2. The standard InChI is InChI=1S/C16H32N2O3/c1-6-13(11-19)17-12(2)10-14-8-7-9-18(14)15(20)21-16(3,4)5/h12-14,17,19H,6-11H2,1-5H3/t12?,13-,14?/m1/s1. The minimum absolute atomic E-state index is 0.136. The Hall–Kier alpha value is -0.810. The molecule has 0 aromatic carbocycles. The molecule has 0 aromatic heterocycles. The molecular weight excluding hydrogens is 268 g/mol. The van der Waals surface area contributed by atoms with Gasteiger partial charge in [0.25, 0.3) is 0 Å². The summed E-state index contributed by atoms with van der Waals surface area (Å²) in [5.41, 5.74) is -0.446. The van der Waals surface area contributed by atoms with E-state index in [2.05, 4.69) is 19.2 Å². The predicted molar refractivity (Wildman–Crippen MR) is 84.3 cm³/mol. The Kier molecular flexibility index (Phi) is 6.94. The number of rotatable bonds is 6. The summed E-state index contributed by atoms with van der Waals surface area (Å²) < 4.78 is 5.48. The zero-order valence-electron chi connectivity index (χ0n) is 14.2. The van der Waals surface area contributed by atoms with E-state index in [-0.39, 0.29) is 30.8 Å². The first-order chi connectivity index (χ1) is 9.76. The zero-order valence-corrected chi connectivity index (χ0v) is 14.2. The lowest BCUT2D eigenvalue weighted by molar-refractivity contribution is 0.0213. The minimum atomic E-state index is -0.446. The third-order valence-corrected chi connectivity index (χ3v) is 3.86. The molecule has 0 radical (unpaired) electrons. The molecule has 1 aliphatic heterocycles. The van der Waals surface area contributed by atoms with E-state index >= 15 is 0 Å². The average molecular weight is 300 g/mol. The molecule has 1 heterocycles. The molecule has 3 atom stereocenters. The molecule has 1 rings (SSSR count). The Bertz CT molecular complexity index is 324. The summed E-state index contributed by atoms with van der Waals surface area (Å²) in [7, 11) is 0. The van der Waals surface area contributed by atoms with Crippen molar-refractivity contribution in [2.45, 2.75) is 84.0 Å². The van der Waals surface area contributed by atoms with Gasteiger partial charge in [0, 0.05) is 24.7 Å². The Morgan fingerprint density at radius 1 is 1.48 bits per heavy atom. The number of ether oxygens (including phenoxy) is 1. The van der Waals surface area contributed by atoms with Gasteiger partial charge in [-0.05, 0) is 53.4 Å². The Balaban J connectivity index is 2.51. The van der Waals surface area contributed by atoms with E-state index < -0.39 is 5.60 Å². The number of hydrogen-bond donors (Lipinski definition) is 2. The van der Waals surface area contributed by atoms with Gasteiger partial charge in [0.05, 0.1) is 6.61 Å². The number of nitrogens with zero attached hydrogens (tertiary/aromatic N) is 1. The maximum atomic E-state index is 12.2. The van der Waals surface area contributed by atoms with Crippen molar-refractivity contribution in [1.29, 1.82) is 0 Å². The molecule has 1 amide bonds. The number of carbonyl (C=O) groups excluding carboxylic acids is 1. The molecule has 0 bridgehead atoms. The highest BCUT2D eigenvalue weighted by Gasteiger charge is 2.33. The molecule has 1 saturated heterocycles. The van der Waals surface area contributed by atoms with Gasteiger partial charge in [0.2, 0.25) is 0 Å². The van der Waals surface area contributed by atoms with Crippen molar-refractivity contribution >= 4 is 6.09 Å². The normalized spacial score (nSPS) is 22.2. The van der Waals surface area contributed by atoms with Crippen LogP contribution in [0.25, 0.3) is 0 Å². The van der Waals surface area contributed by atoms with Gasteiger partial charge in [-0.3, -0.25) is 0 Å². The van der Waals surface area contributed by atoms with Crippen LogP contribution < -0.4 is 5.32 Å². The highest BCUT2D eigenvalue weighted by Crippen LogP contribution is 2.24. The first-order valence-electron chi connectivity index (χ1n) is 8.13. The van der Waals surface area contributed by atoms with Crippen molar-refractivity contribution in [1.82, 2.24) is 10.2 Å². The van der Waals surface area contributed by atoms with Gasteiger partial charge >= 0.3 is 6.09 Å². The van der Waals surface area contributed by atoms with Crippen molar-refractivity contribution in [3.8, 4) is 0 Å². The Morgan fingerprint density at radius 2 is 2.14 bits per heavy atom. The van der Waals surface area contributed by atoms with Crippen LogP contribution >= 0.6 is 0 Å². The van der Waals surface area contributed by atoms with E-state index in [4.69, 9.17) is 4.74 Å². The van der Waals surface area contributed by atoms with Crippen LogP contribution in [0.15, 0.2) is 0 Å². The van der Waals surface area contributed by atoms with E-state index in [0.29, 0.717) is 0 Å². The van der Waals surface area contributed by atoms with Crippen molar-refractivity contribution < 1.29 is 14.6 Å². The van der Waals surface area contributed by atoms with Crippen LogP contribution in [-0.4, -0.2) is 53.0 Å². The topological polar surface area (TPSA) is 61.8 Å². The number of nitrogens with one attached hydrogen (secondary N) is 1. The van der Waals surface area contributed by atoms with E-state index in [9.17, 15) is 9.90 Å². The summed E-state index contributed by atoms with van der Waals surface area (Å²) >= 11 is 0. The van der Waals surface area contributed by atoms with E-state index in [0.717, 1.165) is 32.2 Å². The second-order valence-electron chi connectivity index (χ2n) is 7.06. The van der Waals surface area contributed by atoms with Crippen LogP contribution in [0.2, 0.25) is 0 Å². The van der Waals surface area contributed by atoms with Gasteiger partial charge in [-0.25, -0.2) is 4.79 Å². The second kappa shape index (κ2) is 7.99. The smallest absolute Gasteiger partial charge is 0.410 e. The SMILES string of the molecule is CC[C@H](CO)NC(C)CC1CCCN1C(=O)OC(C)(C)C. The molecule has 21 heavy (non-hydrogen) atoms. The number of hydrogen-bond acceptors (Lipinski definition) is 4. The van der Waals surface area contributed by atoms with Crippen LogP contribution in [0.5, 0.6) is 0 Å². The van der Waals surface area contributed by atoms with Crippen LogP contribution in [0.1, 0.15) is 60.3 Å². The Morgan fingerprint density at radius 3 is 2.67 bits per heavy atom. The molecule has 0 saturated carbocycles. The number of carbonyl (C=O) groups is 1.